The number of hydrogen-bond donors (Lipinski definition) is 1. The zero-order valence-electron chi connectivity index (χ0n) is 13.1. The Morgan fingerprint density at radius 3 is 2.96 bits per heavy atom. The monoisotopic (exact) mass is 307 g/mol. The predicted molar refractivity (Wildman–Crippen MR) is 90.1 cm³/mol. The Labute approximate surface area is 136 Å². The first kappa shape index (κ1) is 14.4. The first-order valence-electron chi connectivity index (χ1n) is 8.20. The number of ether oxygens (including phenoxy) is 1. The minimum absolute atomic E-state index is 0.215. The molecule has 118 valence electrons. The molecule has 0 radical (unpaired) electrons. The van der Waals surface area contributed by atoms with Crippen LogP contribution in [-0.2, 0) is 11.3 Å². The fourth-order valence-electron chi connectivity index (χ4n) is 3.39. The third-order valence-corrected chi connectivity index (χ3v) is 4.57. The molecule has 1 N–H and O–H groups in total. The topological polar surface area (TPSA) is 38.6 Å². The van der Waals surface area contributed by atoms with E-state index in [4.69, 9.17) is 4.74 Å². The molecule has 0 aliphatic carbocycles. The van der Waals surface area contributed by atoms with Gasteiger partial charge < -0.3 is 14.5 Å². The highest BCUT2D eigenvalue weighted by Gasteiger charge is 2.29. The fraction of sp³-hybridized carbons (Fsp3) is 0.316. The molecule has 2 aromatic heterocycles. The van der Waals surface area contributed by atoms with Crippen molar-refractivity contribution in [1.29, 1.82) is 0 Å². The van der Waals surface area contributed by atoms with Crippen molar-refractivity contribution in [1.82, 2.24) is 14.7 Å². The van der Waals surface area contributed by atoms with Crippen LogP contribution in [0.1, 0.15) is 23.8 Å². The number of fused-ring (bicyclic) bond motifs is 1. The van der Waals surface area contributed by atoms with E-state index in [1.165, 1.54) is 11.3 Å². The van der Waals surface area contributed by atoms with E-state index >= 15 is 0 Å². The number of aromatic nitrogens is 2. The minimum Gasteiger partial charge on any atom is -0.373 e. The van der Waals surface area contributed by atoms with Gasteiger partial charge in [-0.15, -0.1) is 0 Å². The minimum atomic E-state index is 0.215. The Kier molecular flexibility index (Phi) is 4.09. The summed E-state index contributed by atoms with van der Waals surface area (Å²) in [5, 5.41) is 3.60. The van der Waals surface area contributed by atoms with Crippen LogP contribution in [0.2, 0.25) is 0 Å². The lowest BCUT2D eigenvalue weighted by Crippen LogP contribution is -2.25. The van der Waals surface area contributed by atoms with Gasteiger partial charge >= 0.3 is 0 Å². The molecule has 23 heavy (non-hydrogen) atoms. The largest absolute Gasteiger partial charge is 0.373 e. The highest BCUT2D eigenvalue weighted by atomic mass is 16.5. The van der Waals surface area contributed by atoms with Crippen molar-refractivity contribution in [3.8, 4) is 0 Å². The van der Waals surface area contributed by atoms with Crippen LogP contribution in [0.5, 0.6) is 0 Å². The van der Waals surface area contributed by atoms with Crippen LogP contribution in [0.3, 0.4) is 0 Å². The molecule has 0 spiro atoms. The van der Waals surface area contributed by atoms with Gasteiger partial charge in [0.15, 0.2) is 0 Å². The summed E-state index contributed by atoms with van der Waals surface area (Å²) in [5.41, 5.74) is 3.51. The van der Waals surface area contributed by atoms with E-state index in [0.717, 1.165) is 31.8 Å². The molecule has 2 atom stereocenters. The number of nitrogens with one attached hydrogen (secondary N) is 1. The normalized spacial score (nSPS) is 21.0. The standard InChI is InChI=1S/C19H21N3O/c1-2-5-15(6-3-1)19-16(9-12-23-19)13-20-14-17-7-4-8-18-21-10-11-22(17)18/h1-8,10-11,16,19-20H,9,12-14H2/t16-,19-/m1/s1. The molecule has 0 amide bonds. The van der Waals surface area contributed by atoms with E-state index in [-0.39, 0.29) is 6.10 Å². The van der Waals surface area contributed by atoms with Crippen molar-refractivity contribution in [2.24, 2.45) is 5.92 Å². The Balaban J connectivity index is 1.40. The predicted octanol–water partition coefficient (Wildman–Crippen LogP) is 3.20. The maximum Gasteiger partial charge on any atom is 0.136 e. The van der Waals surface area contributed by atoms with Crippen molar-refractivity contribution in [2.75, 3.05) is 13.2 Å². The lowest BCUT2D eigenvalue weighted by molar-refractivity contribution is 0.0904. The molecule has 1 fully saturated rings. The Morgan fingerprint density at radius 1 is 1.13 bits per heavy atom. The van der Waals surface area contributed by atoms with Crippen molar-refractivity contribution in [2.45, 2.75) is 19.1 Å². The highest BCUT2D eigenvalue weighted by molar-refractivity contribution is 5.39. The van der Waals surface area contributed by atoms with Gasteiger partial charge in [-0.2, -0.15) is 0 Å². The van der Waals surface area contributed by atoms with Gasteiger partial charge in [0.25, 0.3) is 0 Å². The maximum absolute atomic E-state index is 5.96. The number of rotatable bonds is 5. The number of imidazole rings is 1. The molecule has 4 nitrogen and oxygen atoms in total. The lowest BCUT2D eigenvalue weighted by Gasteiger charge is -2.19. The number of benzene rings is 1. The summed E-state index contributed by atoms with van der Waals surface area (Å²) < 4.78 is 8.09. The third-order valence-electron chi connectivity index (χ3n) is 4.57. The summed E-state index contributed by atoms with van der Waals surface area (Å²) in [6, 6.07) is 16.8. The van der Waals surface area contributed by atoms with E-state index in [1.807, 2.05) is 18.5 Å². The van der Waals surface area contributed by atoms with Crippen LogP contribution in [-0.4, -0.2) is 22.5 Å². The molecular weight excluding hydrogens is 286 g/mol. The van der Waals surface area contributed by atoms with Crippen LogP contribution in [0.15, 0.2) is 60.9 Å². The molecule has 0 unspecified atom stereocenters. The smallest absolute Gasteiger partial charge is 0.136 e. The average molecular weight is 307 g/mol. The molecule has 0 bridgehead atoms. The molecule has 3 aromatic rings. The molecule has 1 aromatic carbocycles. The summed E-state index contributed by atoms with van der Waals surface area (Å²) in [6.45, 7) is 2.65. The van der Waals surface area contributed by atoms with Crippen molar-refractivity contribution in [3.05, 3.63) is 72.2 Å². The van der Waals surface area contributed by atoms with Gasteiger partial charge in [-0.05, 0) is 24.1 Å². The van der Waals surface area contributed by atoms with Gasteiger partial charge in [0, 0.05) is 43.7 Å². The summed E-state index contributed by atoms with van der Waals surface area (Å²) >= 11 is 0. The van der Waals surface area contributed by atoms with Gasteiger partial charge in [0.2, 0.25) is 0 Å². The van der Waals surface area contributed by atoms with Crippen molar-refractivity contribution < 1.29 is 4.74 Å². The third kappa shape index (κ3) is 3.00. The zero-order valence-corrected chi connectivity index (χ0v) is 13.1. The summed E-state index contributed by atoms with van der Waals surface area (Å²) in [5.74, 6) is 0.527. The fourth-order valence-corrected chi connectivity index (χ4v) is 3.39. The Hall–Kier alpha value is -2.17. The van der Waals surface area contributed by atoms with Crippen LogP contribution in [0.4, 0.5) is 0 Å². The summed E-state index contributed by atoms with van der Waals surface area (Å²) in [7, 11) is 0. The van der Waals surface area contributed by atoms with Crippen molar-refractivity contribution in [3.63, 3.8) is 0 Å². The molecule has 1 saturated heterocycles. The second-order valence-electron chi connectivity index (χ2n) is 6.05. The maximum atomic E-state index is 5.96. The first-order chi connectivity index (χ1) is 11.4. The SMILES string of the molecule is c1ccc([C@H]2OCC[C@@H]2CNCc2cccc3nccn23)cc1. The summed E-state index contributed by atoms with van der Waals surface area (Å²) in [6.07, 6.45) is 5.18. The van der Waals surface area contributed by atoms with Crippen molar-refractivity contribution >= 4 is 5.65 Å². The van der Waals surface area contributed by atoms with E-state index in [9.17, 15) is 0 Å². The molecular formula is C19H21N3O. The van der Waals surface area contributed by atoms with E-state index in [1.54, 1.807) is 0 Å². The quantitative estimate of drug-likeness (QED) is 0.786. The van der Waals surface area contributed by atoms with Crippen LogP contribution in [0.25, 0.3) is 5.65 Å². The van der Waals surface area contributed by atoms with Gasteiger partial charge in [0.1, 0.15) is 5.65 Å². The van der Waals surface area contributed by atoms with Gasteiger partial charge in [-0.1, -0.05) is 36.4 Å². The molecule has 1 aliphatic heterocycles. The number of pyridine rings is 1. The number of nitrogens with zero attached hydrogens (tertiary/aromatic N) is 2. The van der Waals surface area contributed by atoms with Crippen LogP contribution < -0.4 is 5.32 Å². The molecule has 0 saturated carbocycles. The van der Waals surface area contributed by atoms with Crippen LogP contribution in [0, 0.1) is 5.92 Å². The van der Waals surface area contributed by atoms with Gasteiger partial charge in [0.05, 0.1) is 6.10 Å². The van der Waals surface area contributed by atoms with E-state index in [0.29, 0.717) is 5.92 Å². The Morgan fingerprint density at radius 2 is 2.04 bits per heavy atom. The highest BCUT2D eigenvalue weighted by Crippen LogP contribution is 2.33. The van der Waals surface area contributed by atoms with Gasteiger partial charge in [-0.3, -0.25) is 0 Å². The number of hydrogen-bond acceptors (Lipinski definition) is 3. The second-order valence-corrected chi connectivity index (χ2v) is 6.05. The zero-order chi connectivity index (χ0) is 15.5. The average Bonchev–Trinajstić information content (AvgIpc) is 3.25. The van der Waals surface area contributed by atoms with E-state index in [2.05, 4.69) is 57.2 Å². The molecule has 4 rings (SSSR count). The Bertz CT molecular complexity index is 768. The van der Waals surface area contributed by atoms with Crippen LogP contribution >= 0.6 is 0 Å². The first-order valence-corrected chi connectivity index (χ1v) is 8.20. The molecule has 3 heterocycles. The molecule has 1 aliphatic rings. The lowest BCUT2D eigenvalue weighted by atomic mass is 9.95. The van der Waals surface area contributed by atoms with Gasteiger partial charge in [-0.25, -0.2) is 4.98 Å². The molecule has 4 heteroatoms. The second kappa shape index (κ2) is 6.52. The summed E-state index contributed by atoms with van der Waals surface area (Å²) in [4.78, 5) is 4.33. The van der Waals surface area contributed by atoms with E-state index < -0.39 is 0 Å².